The predicted molar refractivity (Wildman–Crippen MR) is 66.0 cm³/mol. The maximum Gasteiger partial charge on any atom is 0.123 e. The van der Waals surface area contributed by atoms with Gasteiger partial charge in [0, 0.05) is 12.6 Å². The molecule has 0 radical (unpaired) electrons. The van der Waals surface area contributed by atoms with Crippen LogP contribution in [0.5, 0.6) is 0 Å². The number of nitrogens with one attached hydrogen (secondary N) is 1. The summed E-state index contributed by atoms with van der Waals surface area (Å²) in [5.74, 6) is -0.178. The van der Waals surface area contributed by atoms with E-state index in [-0.39, 0.29) is 5.82 Å². The van der Waals surface area contributed by atoms with E-state index in [1.54, 1.807) is 23.5 Å². The van der Waals surface area contributed by atoms with Gasteiger partial charge in [-0.25, -0.2) is 4.39 Å². The first-order valence-corrected chi connectivity index (χ1v) is 6.20. The van der Waals surface area contributed by atoms with E-state index in [0.717, 1.165) is 5.56 Å². The number of rotatable bonds is 4. The Balaban J connectivity index is 1.92. The summed E-state index contributed by atoms with van der Waals surface area (Å²) in [6.07, 6.45) is 0. The zero-order chi connectivity index (χ0) is 11.4. The molecule has 0 bridgehead atoms. The Bertz CT molecular complexity index is 439. The first-order valence-electron chi connectivity index (χ1n) is 5.25. The lowest BCUT2D eigenvalue weighted by Gasteiger charge is -2.12. The minimum atomic E-state index is -0.178. The van der Waals surface area contributed by atoms with Crippen LogP contribution in [0.4, 0.5) is 4.39 Å². The van der Waals surface area contributed by atoms with Gasteiger partial charge < -0.3 is 5.32 Å². The zero-order valence-electron chi connectivity index (χ0n) is 9.11. The Labute approximate surface area is 98.9 Å². The molecule has 1 atom stereocenters. The van der Waals surface area contributed by atoms with Crippen LogP contribution in [0, 0.1) is 5.82 Å². The minimum absolute atomic E-state index is 0.178. The van der Waals surface area contributed by atoms with Gasteiger partial charge in [0.1, 0.15) is 5.82 Å². The zero-order valence-corrected chi connectivity index (χ0v) is 9.93. The molecule has 0 aliphatic carbocycles. The second-order valence-electron chi connectivity index (χ2n) is 3.79. The lowest BCUT2D eigenvalue weighted by atomic mass is 10.1. The number of halogens is 1. The fourth-order valence-corrected chi connectivity index (χ4v) is 2.31. The Morgan fingerprint density at radius 2 is 2.25 bits per heavy atom. The third-order valence-corrected chi connectivity index (χ3v) is 3.25. The van der Waals surface area contributed by atoms with Crippen molar-refractivity contribution in [2.75, 3.05) is 0 Å². The van der Waals surface area contributed by atoms with E-state index in [9.17, 15) is 4.39 Å². The Kier molecular flexibility index (Phi) is 3.70. The van der Waals surface area contributed by atoms with Crippen molar-refractivity contribution in [3.63, 3.8) is 0 Å². The molecule has 0 spiro atoms. The van der Waals surface area contributed by atoms with Crippen LogP contribution in [0.25, 0.3) is 0 Å². The number of hydrogen-bond donors (Lipinski definition) is 1. The molecule has 1 heterocycles. The highest BCUT2D eigenvalue weighted by Gasteiger charge is 2.04. The molecular formula is C13H14FNS. The highest BCUT2D eigenvalue weighted by Crippen LogP contribution is 2.16. The summed E-state index contributed by atoms with van der Waals surface area (Å²) < 4.78 is 12.9. The van der Waals surface area contributed by atoms with E-state index in [1.165, 1.54) is 11.6 Å². The average molecular weight is 235 g/mol. The highest BCUT2D eigenvalue weighted by molar-refractivity contribution is 7.07. The topological polar surface area (TPSA) is 12.0 Å². The second kappa shape index (κ2) is 5.23. The molecule has 1 aromatic carbocycles. The van der Waals surface area contributed by atoms with Gasteiger partial charge in [0.2, 0.25) is 0 Å². The van der Waals surface area contributed by atoms with Crippen molar-refractivity contribution in [2.24, 2.45) is 0 Å². The molecule has 0 aliphatic rings. The maximum atomic E-state index is 12.9. The summed E-state index contributed by atoms with van der Waals surface area (Å²) in [5, 5.41) is 7.56. The van der Waals surface area contributed by atoms with Crippen molar-refractivity contribution in [1.29, 1.82) is 0 Å². The van der Waals surface area contributed by atoms with Crippen LogP contribution in [-0.4, -0.2) is 0 Å². The molecule has 1 nitrogen and oxygen atoms in total. The van der Waals surface area contributed by atoms with E-state index >= 15 is 0 Å². The lowest BCUT2D eigenvalue weighted by Crippen LogP contribution is -2.17. The molecule has 0 aliphatic heterocycles. The fourth-order valence-electron chi connectivity index (χ4n) is 1.56. The Hall–Kier alpha value is -1.19. The van der Waals surface area contributed by atoms with Crippen LogP contribution in [0.1, 0.15) is 24.1 Å². The first kappa shape index (κ1) is 11.3. The highest BCUT2D eigenvalue weighted by atomic mass is 32.1. The van der Waals surface area contributed by atoms with Crippen LogP contribution < -0.4 is 5.32 Å². The Morgan fingerprint density at radius 1 is 1.38 bits per heavy atom. The lowest BCUT2D eigenvalue weighted by molar-refractivity contribution is 0.570. The quantitative estimate of drug-likeness (QED) is 0.851. The van der Waals surface area contributed by atoms with Crippen LogP contribution in [-0.2, 0) is 6.54 Å². The molecule has 16 heavy (non-hydrogen) atoms. The molecule has 0 saturated heterocycles. The standard InChI is InChI=1S/C13H14FNS/c1-10(12-5-6-16-9-12)15-8-11-3-2-4-13(14)7-11/h2-7,9-10,15H,8H2,1H3. The van der Waals surface area contributed by atoms with Crippen molar-refractivity contribution >= 4 is 11.3 Å². The van der Waals surface area contributed by atoms with Gasteiger partial charge in [0.15, 0.2) is 0 Å². The van der Waals surface area contributed by atoms with E-state index in [0.29, 0.717) is 12.6 Å². The van der Waals surface area contributed by atoms with E-state index in [2.05, 4.69) is 29.1 Å². The van der Waals surface area contributed by atoms with Gasteiger partial charge in [-0.15, -0.1) is 0 Å². The number of benzene rings is 1. The predicted octanol–water partition coefficient (Wildman–Crippen LogP) is 3.74. The molecule has 1 aromatic heterocycles. The summed E-state index contributed by atoms with van der Waals surface area (Å²) in [7, 11) is 0. The van der Waals surface area contributed by atoms with Crippen LogP contribution in [0.2, 0.25) is 0 Å². The molecule has 2 aromatic rings. The molecule has 1 unspecified atom stereocenters. The smallest absolute Gasteiger partial charge is 0.123 e. The Morgan fingerprint density at radius 3 is 2.94 bits per heavy atom. The average Bonchev–Trinajstić information content (AvgIpc) is 2.79. The minimum Gasteiger partial charge on any atom is -0.306 e. The largest absolute Gasteiger partial charge is 0.306 e. The third kappa shape index (κ3) is 2.90. The molecular weight excluding hydrogens is 221 g/mol. The second-order valence-corrected chi connectivity index (χ2v) is 4.57. The summed E-state index contributed by atoms with van der Waals surface area (Å²) in [6, 6.07) is 9.10. The van der Waals surface area contributed by atoms with Crippen molar-refractivity contribution in [3.8, 4) is 0 Å². The molecule has 0 fully saturated rings. The van der Waals surface area contributed by atoms with Gasteiger partial charge in [-0.1, -0.05) is 12.1 Å². The van der Waals surface area contributed by atoms with Crippen molar-refractivity contribution in [3.05, 3.63) is 58.0 Å². The molecule has 84 valence electrons. The molecule has 0 amide bonds. The van der Waals surface area contributed by atoms with Gasteiger partial charge in [-0.05, 0) is 47.0 Å². The van der Waals surface area contributed by atoms with Gasteiger partial charge in [0.25, 0.3) is 0 Å². The van der Waals surface area contributed by atoms with E-state index in [1.807, 2.05) is 6.07 Å². The van der Waals surface area contributed by atoms with Crippen molar-refractivity contribution in [2.45, 2.75) is 19.5 Å². The van der Waals surface area contributed by atoms with Gasteiger partial charge in [0.05, 0.1) is 0 Å². The van der Waals surface area contributed by atoms with Gasteiger partial charge >= 0.3 is 0 Å². The maximum absolute atomic E-state index is 12.9. The molecule has 3 heteroatoms. The fraction of sp³-hybridized carbons (Fsp3) is 0.231. The van der Waals surface area contributed by atoms with Gasteiger partial charge in [-0.3, -0.25) is 0 Å². The summed E-state index contributed by atoms with van der Waals surface area (Å²) in [4.78, 5) is 0. The van der Waals surface area contributed by atoms with Crippen molar-refractivity contribution in [1.82, 2.24) is 5.32 Å². The summed E-state index contributed by atoms with van der Waals surface area (Å²) >= 11 is 1.69. The SMILES string of the molecule is CC(NCc1cccc(F)c1)c1ccsc1. The van der Waals surface area contributed by atoms with Crippen molar-refractivity contribution < 1.29 is 4.39 Å². The van der Waals surface area contributed by atoms with Crippen LogP contribution in [0.15, 0.2) is 41.1 Å². The summed E-state index contributed by atoms with van der Waals surface area (Å²) in [6.45, 7) is 2.80. The molecule has 0 saturated carbocycles. The normalized spacial score (nSPS) is 12.6. The van der Waals surface area contributed by atoms with Crippen LogP contribution in [0.3, 0.4) is 0 Å². The monoisotopic (exact) mass is 235 g/mol. The van der Waals surface area contributed by atoms with E-state index in [4.69, 9.17) is 0 Å². The molecule has 1 N–H and O–H groups in total. The number of hydrogen-bond acceptors (Lipinski definition) is 2. The van der Waals surface area contributed by atoms with Gasteiger partial charge in [-0.2, -0.15) is 11.3 Å². The van der Waals surface area contributed by atoms with E-state index < -0.39 is 0 Å². The first-order chi connectivity index (χ1) is 7.75. The third-order valence-electron chi connectivity index (χ3n) is 2.54. The molecule has 2 rings (SSSR count). The van der Waals surface area contributed by atoms with Crippen LogP contribution >= 0.6 is 11.3 Å². The number of thiophene rings is 1. The summed E-state index contributed by atoms with van der Waals surface area (Å²) in [5.41, 5.74) is 2.25.